The summed E-state index contributed by atoms with van der Waals surface area (Å²) in [6, 6.07) is 11.5. The molecule has 0 aliphatic carbocycles. The van der Waals surface area contributed by atoms with Gasteiger partial charge < -0.3 is 4.52 Å². The zero-order chi connectivity index (χ0) is 16.1. The van der Waals surface area contributed by atoms with Crippen LogP contribution in [0.5, 0.6) is 0 Å². The average molecular weight is 317 g/mol. The number of hydrogen-bond donors (Lipinski definition) is 1. The van der Waals surface area contributed by atoms with Crippen molar-refractivity contribution < 1.29 is 4.52 Å². The Labute approximate surface area is 135 Å². The molecule has 0 aliphatic heterocycles. The molecule has 0 radical (unpaired) electrons. The monoisotopic (exact) mass is 317 g/mol. The fourth-order valence-corrected chi connectivity index (χ4v) is 2.78. The summed E-state index contributed by atoms with van der Waals surface area (Å²) in [4.78, 5) is 4.53. The Bertz CT molecular complexity index is 1180. The van der Waals surface area contributed by atoms with Crippen LogP contribution in [0, 0.1) is 0 Å². The minimum Gasteiger partial charge on any atom is -0.334 e. The average Bonchev–Trinajstić information content (AvgIpc) is 3.31. The van der Waals surface area contributed by atoms with Gasteiger partial charge in [-0.2, -0.15) is 25.5 Å². The van der Waals surface area contributed by atoms with Crippen molar-refractivity contribution in [3.63, 3.8) is 0 Å². The van der Waals surface area contributed by atoms with Gasteiger partial charge in [0.15, 0.2) is 0 Å². The van der Waals surface area contributed by atoms with Crippen LogP contribution < -0.4 is 0 Å². The molecule has 116 valence electrons. The first-order chi connectivity index (χ1) is 11.8. The number of rotatable bonds is 2. The summed E-state index contributed by atoms with van der Waals surface area (Å²) in [5.41, 5.74) is 4.13. The third kappa shape index (κ3) is 1.89. The molecule has 2 aromatic carbocycles. The molecule has 0 saturated carbocycles. The molecule has 3 heterocycles. The first-order valence-corrected chi connectivity index (χ1v) is 7.35. The second-order valence-electron chi connectivity index (χ2n) is 5.49. The molecule has 8 heteroatoms. The molecule has 0 fully saturated rings. The molecule has 8 nitrogen and oxygen atoms in total. The topological polar surface area (TPSA) is 98.3 Å². The summed E-state index contributed by atoms with van der Waals surface area (Å²) in [6.45, 7) is 0. The Morgan fingerprint density at radius 3 is 2.92 bits per heavy atom. The van der Waals surface area contributed by atoms with Gasteiger partial charge in [-0.1, -0.05) is 11.2 Å². The van der Waals surface area contributed by atoms with Crippen LogP contribution in [0.3, 0.4) is 0 Å². The molecule has 5 rings (SSSR count). The van der Waals surface area contributed by atoms with Crippen LogP contribution >= 0.6 is 0 Å². The minimum absolute atomic E-state index is 0.462. The number of benzene rings is 2. The van der Waals surface area contributed by atoms with Crippen LogP contribution in [0.4, 0.5) is 0 Å². The molecule has 0 amide bonds. The predicted octanol–water partition coefficient (Wildman–Crippen LogP) is 2.56. The van der Waals surface area contributed by atoms with Crippen molar-refractivity contribution in [3.05, 3.63) is 42.6 Å². The molecule has 1 N–H and O–H groups in total. The highest BCUT2D eigenvalue weighted by atomic mass is 16.5. The van der Waals surface area contributed by atoms with Crippen LogP contribution in [0.25, 0.3) is 44.8 Å². The summed E-state index contributed by atoms with van der Waals surface area (Å²) in [5.74, 6) is 0.972. The number of aromatic nitrogens is 7. The van der Waals surface area contributed by atoms with E-state index in [1.807, 2.05) is 49.6 Å². The predicted molar refractivity (Wildman–Crippen MR) is 86.9 cm³/mol. The summed E-state index contributed by atoms with van der Waals surface area (Å²) < 4.78 is 7.24. The SMILES string of the molecule is Cn1cc2c(-c3nc(-c4ccc5n[nH]nc5c4)no3)cccc2n1. The third-order valence-corrected chi connectivity index (χ3v) is 3.90. The van der Waals surface area contributed by atoms with Gasteiger partial charge in [0.25, 0.3) is 5.89 Å². The van der Waals surface area contributed by atoms with E-state index >= 15 is 0 Å². The van der Waals surface area contributed by atoms with E-state index in [4.69, 9.17) is 4.52 Å². The highest BCUT2D eigenvalue weighted by molar-refractivity contribution is 5.92. The van der Waals surface area contributed by atoms with E-state index in [0.717, 1.165) is 33.1 Å². The lowest BCUT2D eigenvalue weighted by Crippen LogP contribution is -1.84. The summed E-state index contributed by atoms with van der Waals surface area (Å²) in [6.07, 6.45) is 1.94. The first kappa shape index (κ1) is 12.9. The van der Waals surface area contributed by atoms with Gasteiger partial charge in [-0.05, 0) is 30.3 Å². The van der Waals surface area contributed by atoms with Gasteiger partial charge >= 0.3 is 0 Å². The van der Waals surface area contributed by atoms with Crippen molar-refractivity contribution in [2.24, 2.45) is 7.05 Å². The Balaban J connectivity index is 1.63. The van der Waals surface area contributed by atoms with Gasteiger partial charge in [0.05, 0.1) is 11.1 Å². The largest absolute Gasteiger partial charge is 0.334 e. The maximum absolute atomic E-state index is 5.47. The van der Waals surface area contributed by atoms with Crippen molar-refractivity contribution in [2.75, 3.05) is 0 Å². The molecule has 24 heavy (non-hydrogen) atoms. The standard InChI is InChI=1S/C16H11N7O/c1-23-8-11-10(3-2-4-12(11)20-23)16-17-15(21-24-16)9-5-6-13-14(7-9)19-22-18-13/h2-8H,1H3,(H,18,19,22). The van der Waals surface area contributed by atoms with Crippen molar-refractivity contribution in [1.82, 2.24) is 35.3 Å². The van der Waals surface area contributed by atoms with Gasteiger partial charge in [-0.15, -0.1) is 0 Å². The maximum atomic E-state index is 5.47. The zero-order valence-corrected chi connectivity index (χ0v) is 12.6. The number of aryl methyl sites for hydroxylation is 1. The van der Waals surface area contributed by atoms with Crippen LogP contribution in [0.2, 0.25) is 0 Å². The highest BCUT2D eigenvalue weighted by Gasteiger charge is 2.15. The maximum Gasteiger partial charge on any atom is 0.258 e. The van der Waals surface area contributed by atoms with Crippen molar-refractivity contribution in [2.45, 2.75) is 0 Å². The molecule has 0 bridgehead atoms. The van der Waals surface area contributed by atoms with E-state index in [-0.39, 0.29) is 0 Å². The van der Waals surface area contributed by atoms with E-state index < -0.39 is 0 Å². The van der Waals surface area contributed by atoms with Crippen molar-refractivity contribution in [3.8, 4) is 22.8 Å². The number of nitrogens with one attached hydrogen (secondary N) is 1. The van der Waals surface area contributed by atoms with E-state index in [2.05, 4.69) is 30.7 Å². The van der Waals surface area contributed by atoms with E-state index in [9.17, 15) is 0 Å². The van der Waals surface area contributed by atoms with Crippen molar-refractivity contribution >= 4 is 21.9 Å². The number of H-pyrrole nitrogens is 1. The lowest BCUT2D eigenvalue weighted by atomic mass is 10.1. The number of hydrogen-bond acceptors (Lipinski definition) is 6. The number of fused-ring (bicyclic) bond motifs is 2. The Morgan fingerprint density at radius 1 is 1.04 bits per heavy atom. The van der Waals surface area contributed by atoms with Crippen molar-refractivity contribution in [1.29, 1.82) is 0 Å². The van der Waals surface area contributed by atoms with Gasteiger partial charge in [0.1, 0.15) is 11.0 Å². The van der Waals surface area contributed by atoms with E-state index in [1.54, 1.807) is 4.68 Å². The minimum atomic E-state index is 0.462. The molecule has 5 aromatic rings. The lowest BCUT2D eigenvalue weighted by molar-refractivity contribution is 0.432. The lowest BCUT2D eigenvalue weighted by Gasteiger charge is -1.95. The van der Waals surface area contributed by atoms with E-state index in [1.165, 1.54) is 0 Å². The van der Waals surface area contributed by atoms with Crippen LogP contribution in [0.15, 0.2) is 47.1 Å². The Hall–Kier alpha value is -3.55. The molecular formula is C16H11N7O. The molecule has 3 aromatic heterocycles. The quantitative estimate of drug-likeness (QED) is 0.537. The molecule has 0 unspecified atom stereocenters. The second-order valence-corrected chi connectivity index (χ2v) is 5.49. The molecule has 0 aliphatic rings. The normalized spacial score (nSPS) is 11.5. The summed E-state index contributed by atoms with van der Waals surface area (Å²) in [5, 5.41) is 20.2. The molecule has 0 saturated heterocycles. The zero-order valence-electron chi connectivity index (χ0n) is 12.6. The second kappa shape index (κ2) is 4.72. The fourth-order valence-electron chi connectivity index (χ4n) is 2.78. The molecular weight excluding hydrogens is 306 g/mol. The molecule has 0 spiro atoms. The van der Waals surface area contributed by atoms with Crippen LogP contribution in [0.1, 0.15) is 0 Å². The smallest absolute Gasteiger partial charge is 0.258 e. The van der Waals surface area contributed by atoms with Gasteiger partial charge in [-0.25, -0.2) is 0 Å². The Morgan fingerprint density at radius 2 is 1.96 bits per heavy atom. The van der Waals surface area contributed by atoms with Gasteiger partial charge in [0.2, 0.25) is 5.82 Å². The Kier molecular flexibility index (Phi) is 2.55. The van der Waals surface area contributed by atoms with Gasteiger partial charge in [0, 0.05) is 24.2 Å². The third-order valence-electron chi connectivity index (χ3n) is 3.90. The summed E-state index contributed by atoms with van der Waals surface area (Å²) in [7, 11) is 1.89. The number of aromatic amines is 1. The van der Waals surface area contributed by atoms with Gasteiger partial charge in [-0.3, -0.25) is 4.68 Å². The van der Waals surface area contributed by atoms with Crippen LogP contribution in [-0.2, 0) is 7.05 Å². The molecule has 0 atom stereocenters. The first-order valence-electron chi connectivity index (χ1n) is 7.35. The summed E-state index contributed by atoms with van der Waals surface area (Å²) >= 11 is 0. The van der Waals surface area contributed by atoms with Crippen LogP contribution in [-0.4, -0.2) is 35.3 Å². The van der Waals surface area contributed by atoms with E-state index in [0.29, 0.717) is 11.7 Å². The fraction of sp³-hybridized carbons (Fsp3) is 0.0625. The highest BCUT2D eigenvalue weighted by Crippen LogP contribution is 2.29. The number of nitrogens with zero attached hydrogens (tertiary/aromatic N) is 6.